The summed E-state index contributed by atoms with van der Waals surface area (Å²) < 4.78 is 11.9. The number of aromatic nitrogens is 3. The van der Waals surface area contributed by atoms with Crippen LogP contribution in [0.25, 0.3) is 0 Å². The highest BCUT2D eigenvalue weighted by Gasteiger charge is 2.49. The highest BCUT2D eigenvalue weighted by Crippen LogP contribution is 2.38. The number of hydrogen-bond acceptors (Lipinski definition) is 6. The monoisotopic (exact) mass is 368 g/mol. The van der Waals surface area contributed by atoms with Crippen LogP contribution in [0.5, 0.6) is 0 Å². The molecule has 4 heterocycles. The average Bonchev–Trinajstić information content (AvgIpc) is 2.70. The molecule has 1 spiro atoms. The van der Waals surface area contributed by atoms with E-state index in [0.717, 1.165) is 38.0 Å². The van der Waals surface area contributed by atoms with Gasteiger partial charge in [-0.05, 0) is 48.9 Å². The second-order valence-corrected chi connectivity index (χ2v) is 7.32. The maximum Gasteiger partial charge on any atom is 0.291 e. The zero-order valence-electron chi connectivity index (χ0n) is 15.3. The third kappa shape index (κ3) is 4.31. The number of likely N-dealkylation sites (tertiary alicyclic amines) is 1. The number of carbonyl (C=O) groups is 1. The van der Waals surface area contributed by atoms with E-state index in [1.807, 2.05) is 12.1 Å². The van der Waals surface area contributed by atoms with E-state index >= 15 is 0 Å². The summed E-state index contributed by atoms with van der Waals surface area (Å²) in [5.41, 5.74) is 0.947. The molecule has 2 fully saturated rings. The van der Waals surface area contributed by atoms with E-state index in [1.54, 1.807) is 35.8 Å². The lowest BCUT2D eigenvalue weighted by Crippen LogP contribution is -2.66. The first-order valence-corrected chi connectivity index (χ1v) is 9.41. The zero-order chi connectivity index (χ0) is 18.5. The van der Waals surface area contributed by atoms with Crippen molar-refractivity contribution < 1.29 is 14.3 Å². The van der Waals surface area contributed by atoms with E-state index in [4.69, 9.17) is 9.47 Å². The molecule has 2 aromatic heterocycles. The topological polar surface area (TPSA) is 77.4 Å². The van der Waals surface area contributed by atoms with Gasteiger partial charge < -0.3 is 14.4 Å². The molecule has 2 saturated heterocycles. The van der Waals surface area contributed by atoms with E-state index < -0.39 is 0 Å². The predicted octanol–water partition coefficient (Wildman–Crippen LogP) is 2.10. The third-order valence-corrected chi connectivity index (χ3v) is 5.29. The Kier molecular flexibility index (Phi) is 5.40. The Bertz CT molecular complexity index is 750. The zero-order valence-corrected chi connectivity index (χ0v) is 15.3. The Morgan fingerprint density at radius 1 is 1.22 bits per heavy atom. The first-order chi connectivity index (χ1) is 13.2. The third-order valence-electron chi connectivity index (χ3n) is 5.29. The molecule has 0 N–H and O–H groups in total. The first-order valence-electron chi connectivity index (χ1n) is 9.41. The lowest BCUT2D eigenvalue weighted by molar-refractivity contribution is -0.167. The summed E-state index contributed by atoms with van der Waals surface area (Å²) in [5, 5.41) is 0. The van der Waals surface area contributed by atoms with E-state index in [2.05, 4.69) is 15.0 Å². The quantitative estimate of drug-likeness (QED) is 0.727. The van der Waals surface area contributed by atoms with Gasteiger partial charge in [0.15, 0.2) is 0 Å². The molecule has 0 aromatic carbocycles. The molecule has 4 rings (SSSR count). The molecular weight excluding hydrogens is 344 g/mol. The summed E-state index contributed by atoms with van der Waals surface area (Å²) in [6.07, 6.45) is 9.80. The minimum atomic E-state index is -0.196. The summed E-state index contributed by atoms with van der Waals surface area (Å²) in [6.45, 7) is 3.36. The fourth-order valence-electron chi connectivity index (χ4n) is 3.86. The van der Waals surface area contributed by atoms with Gasteiger partial charge in [0.25, 0.3) is 5.91 Å². The summed E-state index contributed by atoms with van der Waals surface area (Å²) in [6, 6.07) is 5.65. The Morgan fingerprint density at radius 3 is 2.78 bits per heavy atom. The van der Waals surface area contributed by atoms with Crippen molar-refractivity contribution in [2.24, 2.45) is 5.92 Å². The van der Waals surface area contributed by atoms with Gasteiger partial charge >= 0.3 is 0 Å². The van der Waals surface area contributed by atoms with E-state index in [-0.39, 0.29) is 17.3 Å². The predicted molar refractivity (Wildman–Crippen MR) is 97.9 cm³/mol. The van der Waals surface area contributed by atoms with Gasteiger partial charge in [-0.25, -0.2) is 9.97 Å². The molecule has 27 heavy (non-hydrogen) atoms. The molecule has 2 aromatic rings. The second-order valence-electron chi connectivity index (χ2n) is 7.32. The molecule has 7 nitrogen and oxygen atoms in total. The molecule has 1 atom stereocenters. The number of pyridine rings is 1. The van der Waals surface area contributed by atoms with Gasteiger partial charge in [-0.15, -0.1) is 0 Å². The second kappa shape index (κ2) is 8.10. The molecule has 7 heteroatoms. The van der Waals surface area contributed by atoms with Gasteiger partial charge in [-0.1, -0.05) is 0 Å². The molecule has 1 unspecified atom stereocenters. The fraction of sp³-hybridized carbons (Fsp3) is 0.500. The van der Waals surface area contributed by atoms with Crippen LogP contribution >= 0.6 is 0 Å². The van der Waals surface area contributed by atoms with E-state index in [9.17, 15) is 4.79 Å². The Labute approximate surface area is 158 Å². The van der Waals surface area contributed by atoms with Crippen molar-refractivity contribution in [3.05, 3.63) is 54.4 Å². The van der Waals surface area contributed by atoms with Gasteiger partial charge in [-0.2, -0.15) is 0 Å². The summed E-state index contributed by atoms with van der Waals surface area (Å²) >= 11 is 0. The van der Waals surface area contributed by atoms with Crippen molar-refractivity contribution >= 4 is 5.91 Å². The molecular formula is C20H24N4O3. The Morgan fingerprint density at radius 2 is 2.00 bits per heavy atom. The van der Waals surface area contributed by atoms with Gasteiger partial charge in [0.1, 0.15) is 5.60 Å². The molecule has 0 aliphatic carbocycles. The van der Waals surface area contributed by atoms with E-state index in [1.165, 1.54) is 0 Å². The number of rotatable bonds is 6. The van der Waals surface area contributed by atoms with Crippen LogP contribution in [0, 0.1) is 5.92 Å². The van der Waals surface area contributed by atoms with Crippen LogP contribution in [0.2, 0.25) is 0 Å². The van der Waals surface area contributed by atoms with Crippen molar-refractivity contribution in [2.75, 3.05) is 26.3 Å². The number of ether oxygens (including phenoxy) is 2. The highest BCUT2D eigenvalue weighted by molar-refractivity contribution is 5.91. The van der Waals surface area contributed by atoms with Crippen LogP contribution < -0.4 is 0 Å². The molecule has 142 valence electrons. The number of hydrogen-bond donors (Lipinski definition) is 0. The first kappa shape index (κ1) is 18.0. The van der Waals surface area contributed by atoms with Crippen LogP contribution in [0.3, 0.4) is 0 Å². The van der Waals surface area contributed by atoms with Crippen LogP contribution in [-0.2, 0) is 16.1 Å². The minimum absolute atomic E-state index is 0.118. The summed E-state index contributed by atoms with van der Waals surface area (Å²) in [4.78, 5) is 26.3. The standard InChI is InChI=1S/C20H24N4O3/c25-19(18-22-6-1-7-23-18)24-14-20(15-24)12-16(5-11-27-20)4-10-26-13-17-2-8-21-9-3-17/h1-3,6-9,16H,4-5,10-15H2. The molecule has 1 amide bonds. The van der Waals surface area contributed by atoms with E-state index in [0.29, 0.717) is 25.6 Å². The van der Waals surface area contributed by atoms with Crippen molar-refractivity contribution in [2.45, 2.75) is 31.5 Å². The molecule has 2 aliphatic rings. The van der Waals surface area contributed by atoms with Crippen LogP contribution in [0.1, 0.15) is 35.4 Å². The van der Waals surface area contributed by atoms with Gasteiger partial charge in [0.05, 0.1) is 19.7 Å². The van der Waals surface area contributed by atoms with Crippen molar-refractivity contribution in [3.8, 4) is 0 Å². The number of carbonyl (C=O) groups excluding carboxylic acids is 1. The lowest BCUT2D eigenvalue weighted by Gasteiger charge is -2.53. The van der Waals surface area contributed by atoms with Gasteiger partial charge in [0.2, 0.25) is 5.82 Å². The smallest absolute Gasteiger partial charge is 0.291 e. The maximum atomic E-state index is 12.4. The fourth-order valence-corrected chi connectivity index (χ4v) is 3.86. The normalized spacial score (nSPS) is 21.0. The highest BCUT2D eigenvalue weighted by atomic mass is 16.5. The van der Waals surface area contributed by atoms with Crippen LogP contribution in [0.4, 0.5) is 0 Å². The van der Waals surface area contributed by atoms with Crippen LogP contribution in [0.15, 0.2) is 43.0 Å². The van der Waals surface area contributed by atoms with Gasteiger partial charge in [0, 0.05) is 38.0 Å². The average molecular weight is 368 g/mol. The Balaban J connectivity index is 1.21. The minimum Gasteiger partial charge on any atom is -0.377 e. The van der Waals surface area contributed by atoms with Gasteiger partial charge in [-0.3, -0.25) is 9.78 Å². The molecule has 0 saturated carbocycles. The van der Waals surface area contributed by atoms with Crippen molar-refractivity contribution in [3.63, 3.8) is 0 Å². The Hall–Kier alpha value is -2.38. The van der Waals surface area contributed by atoms with Crippen molar-refractivity contribution in [1.82, 2.24) is 19.9 Å². The largest absolute Gasteiger partial charge is 0.377 e. The number of nitrogens with zero attached hydrogens (tertiary/aromatic N) is 4. The lowest BCUT2D eigenvalue weighted by atomic mass is 9.79. The molecule has 0 bridgehead atoms. The summed E-state index contributed by atoms with van der Waals surface area (Å²) in [7, 11) is 0. The van der Waals surface area contributed by atoms with Crippen LogP contribution in [-0.4, -0.2) is 57.7 Å². The summed E-state index contributed by atoms with van der Waals surface area (Å²) in [5.74, 6) is 0.707. The SMILES string of the molecule is O=C(c1ncccn1)N1CC2(CC(CCOCc3ccncc3)CCO2)C1. The molecule has 2 aliphatic heterocycles. The van der Waals surface area contributed by atoms with Crippen molar-refractivity contribution in [1.29, 1.82) is 0 Å². The maximum absolute atomic E-state index is 12.4. The number of amides is 1. The molecule has 0 radical (unpaired) electrons.